The number of hydrogen-bond donors (Lipinski definition) is 1. The van der Waals surface area contributed by atoms with Gasteiger partial charge in [0.15, 0.2) is 0 Å². The van der Waals surface area contributed by atoms with E-state index in [4.69, 9.17) is 5.73 Å². The van der Waals surface area contributed by atoms with Crippen LogP contribution in [0.5, 0.6) is 0 Å². The van der Waals surface area contributed by atoms with Crippen molar-refractivity contribution in [2.75, 3.05) is 0 Å². The highest BCUT2D eigenvalue weighted by molar-refractivity contribution is 5.08. The molecule has 20 heavy (non-hydrogen) atoms. The van der Waals surface area contributed by atoms with Gasteiger partial charge in [-0.25, -0.2) is 4.98 Å². The lowest BCUT2D eigenvalue weighted by Crippen LogP contribution is -2.36. The second kappa shape index (κ2) is 5.18. The molecule has 3 nitrogen and oxygen atoms in total. The van der Waals surface area contributed by atoms with Crippen molar-refractivity contribution >= 4 is 0 Å². The summed E-state index contributed by atoms with van der Waals surface area (Å²) in [5.41, 5.74) is 8.33. The minimum atomic E-state index is 0.0747. The third-order valence-corrected chi connectivity index (χ3v) is 4.68. The Bertz CT molecular complexity index is 441. The van der Waals surface area contributed by atoms with E-state index in [1.807, 2.05) is 12.5 Å². The fourth-order valence-electron chi connectivity index (χ4n) is 4.20. The maximum Gasteiger partial charge on any atom is 0.0951 e. The van der Waals surface area contributed by atoms with Crippen LogP contribution in [0.3, 0.4) is 0 Å². The van der Waals surface area contributed by atoms with E-state index in [2.05, 4.69) is 51.1 Å². The maximum absolute atomic E-state index is 6.36. The number of rotatable bonds is 3. The van der Waals surface area contributed by atoms with Gasteiger partial charge in [-0.2, -0.15) is 0 Å². The van der Waals surface area contributed by atoms with Crippen LogP contribution in [0.4, 0.5) is 0 Å². The molecule has 0 bridgehead atoms. The van der Waals surface area contributed by atoms with E-state index >= 15 is 0 Å². The summed E-state index contributed by atoms with van der Waals surface area (Å²) in [6.07, 6.45) is 7.66. The van der Waals surface area contributed by atoms with Crippen LogP contribution < -0.4 is 5.73 Å². The Morgan fingerprint density at radius 1 is 1.20 bits per heavy atom. The minimum Gasteiger partial charge on any atom is -0.330 e. The third-order valence-electron chi connectivity index (χ3n) is 4.68. The van der Waals surface area contributed by atoms with Gasteiger partial charge < -0.3 is 10.3 Å². The lowest BCUT2D eigenvalue weighted by atomic mass is 9.63. The van der Waals surface area contributed by atoms with E-state index < -0.39 is 0 Å². The third kappa shape index (κ3) is 3.25. The molecule has 2 N–H and O–H groups in total. The maximum atomic E-state index is 6.36. The van der Waals surface area contributed by atoms with Gasteiger partial charge in [0.1, 0.15) is 0 Å². The van der Waals surface area contributed by atoms with Crippen molar-refractivity contribution in [3.05, 3.63) is 18.2 Å². The Hall–Kier alpha value is -0.830. The number of aromatic nitrogens is 2. The van der Waals surface area contributed by atoms with Crippen LogP contribution >= 0.6 is 0 Å². The summed E-state index contributed by atoms with van der Waals surface area (Å²) in [6, 6.07) is 0.599. The summed E-state index contributed by atoms with van der Waals surface area (Å²) in [4.78, 5) is 4.38. The number of hydrogen-bond acceptors (Lipinski definition) is 2. The van der Waals surface area contributed by atoms with Crippen LogP contribution in [-0.4, -0.2) is 9.55 Å². The molecule has 0 amide bonds. The van der Waals surface area contributed by atoms with Gasteiger partial charge in [-0.05, 0) is 36.0 Å². The quantitative estimate of drug-likeness (QED) is 0.894. The number of nitrogens with two attached hydrogens (primary N) is 1. The lowest BCUT2D eigenvalue weighted by molar-refractivity contribution is 0.0705. The molecule has 0 aromatic carbocycles. The predicted molar refractivity (Wildman–Crippen MR) is 84.4 cm³/mol. The van der Waals surface area contributed by atoms with Crippen molar-refractivity contribution in [3.63, 3.8) is 0 Å². The van der Waals surface area contributed by atoms with Gasteiger partial charge in [0.05, 0.1) is 12.0 Å². The zero-order valence-corrected chi connectivity index (χ0v) is 14.0. The van der Waals surface area contributed by atoms with E-state index in [0.717, 1.165) is 0 Å². The van der Waals surface area contributed by atoms with Crippen LogP contribution in [0.2, 0.25) is 0 Å². The second-order valence-corrected chi connectivity index (χ2v) is 8.56. The molecule has 1 atom stereocenters. The van der Waals surface area contributed by atoms with Gasteiger partial charge in [-0.3, -0.25) is 0 Å². The summed E-state index contributed by atoms with van der Waals surface area (Å²) in [7, 11) is 0. The highest BCUT2D eigenvalue weighted by Gasteiger charge is 2.39. The average Bonchev–Trinajstić information content (AvgIpc) is 2.71. The van der Waals surface area contributed by atoms with Crippen LogP contribution in [-0.2, 0) is 0 Å². The SMILES string of the molecule is CC(C)C(N)c1cncn1C1CC(C)(C)CC(C)(C)C1. The summed E-state index contributed by atoms with van der Waals surface area (Å²) >= 11 is 0. The van der Waals surface area contributed by atoms with Gasteiger partial charge >= 0.3 is 0 Å². The van der Waals surface area contributed by atoms with Gasteiger partial charge in [0.2, 0.25) is 0 Å². The van der Waals surface area contributed by atoms with E-state index in [1.165, 1.54) is 25.0 Å². The van der Waals surface area contributed by atoms with Crippen molar-refractivity contribution in [1.82, 2.24) is 9.55 Å². The molecule has 0 spiro atoms. The molecule has 1 aliphatic rings. The molecule has 2 rings (SSSR count). The first-order valence-electron chi connectivity index (χ1n) is 7.89. The number of imidazole rings is 1. The standard InChI is InChI=1S/C17H31N3/c1-12(2)15(18)14-9-19-11-20(14)13-7-16(3,4)10-17(5,6)8-13/h9,11-13,15H,7-8,10,18H2,1-6H3. The Morgan fingerprint density at radius 3 is 2.25 bits per heavy atom. The molecular formula is C17H31N3. The predicted octanol–water partition coefficient (Wildman–Crippen LogP) is 4.32. The smallest absolute Gasteiger partial charge is 0.0951 e. The van der Waals surface area contributed by atoms with Gasteiger partial charge in [0.25, 0.3) is 0 Å². The molecule has 0 radical (unpaired) electrons. The molecule has 3 heteroatoms. The van der Waals surface area contributed by atoms with Crippen molar-refractivity contribution < 1.29 is 0 Å². The first-order valence-corrected chi connectivity index (χ1v) is 7.89. The van der Waals surface area contributed by atoms with E-state index in [0.29, 0.717) is 22.8 Å². The van der Waals surface area contributed by atoms with Crippen LogP contribution in [0.1, 0.15) is 78.6 Å². The molecule has 1 heterocycles. The number of nitrogens with zero attached hydrogens (tertiary/aromatic N) is 2. The largest absolute Gasteiger partial charge is 0.330 e. The normalized spacial score (nSPS) is 24.0. The molecule has 1 aliphatic carbocycles. The summed E-state index contributed by atoms with van der Waals surface area (Å²) in [5.74, 6) is 0.440. The molecule has 114 valence electrons. The van der Waals surface area contributed by atoms with Gasteiger partial charge in [-0.15, -0.1) is 0 Å². The van der Waals surface area contributed by atoms with Gasteiger partial charge in [-0.1, -0.05) is 41.5 Å². The van der Waals surface area contributed by atoms with Crippen molar-refractivity contribution in [2.45, 2.75) is 72.9 Å². The van der Waals surface area contributed by atoms with E-state index in [9.17, 15) is 0 Å². The molecule has 0 saturated heterocycles. The minimum absolute atomic E-state index is 0.0747. The highest BCUT2D eigenvalue weighted by Crippen LogP contribution is 2.50. The summed E-state index contributed by atoms with van der Waals surface area (Å²) in [5, 5.41) is 0. The Labute approximate surface area is 124 Å². The van der Waals surface area contributed by atoms with Crippen LogP contribution in [0, 0.1) is 16.7 Å². The zero-order valence-electron chi connectivity index (χ0n) is 14.0. The van der Waals surface area contributed by atoms with Crippen molar-refractivity contribution in [2.24, 2.45) is 22.5 Å². The molecule has 1 unspecified atom stereocenters. The molecule has 0 aliphatic heterocycles. The Morgan fingerprint density at radius 2 is 1.75 bits per heavy atom. The van der Waals surface area contributed by atoms with Crippen molar-refractivity contribution in [1.29, 1.82) is 0 Å². The first-order chi connectivity index (χ1) is 9.11. The molecular weight excluding hydrogens is 246 g/mol. The average molecular weight is 277 g/mol. The molecule has 1 aromatic heterocycles. The van der Waals surface area contributed by atoms with Gasteiger partial charge in [0, 0.05) is 18.3 Å². The first kappa shape index (κ1) is 15.6. The van der Waals surface area contributed by atoms with E-state index in [1.54, 1.807) is 0 Å². The molecule has 1 aromatic rings. The molecule has 1 fully saturated rings. The Balaban J connectivity index is 2.30. The summed E-state index contributed by atoms with van der Waals surface area (Å²) in [6.45, 7) is 13.9. The fraction of sp³-hybridized carbons (Fsp3) is 0.824. The summed E-state index contributed by atoms with van der Waals surface area (Å²) < 4.78 is 2.35. The zero-order chi connectivity index (χ0) is 15.1. The van der Waals surface area contributed by atoms with E-state index in [-0.39, 0.29) is 6.04 Å². The van der Waals surface area contributed by atoms with Crippen LogP contribution in [0.15, 0.2) is 12.5 Å². The van der Waals surface area contributed by atoms with Crippen molar-refractivity contribution in [3.8, 4) is 0 Å². The highest BCUT2D eigenvalue weighted by atomic mass is 15.1. The lowest BCUT2D eigenvalue weighted by Gasteiger charge is -2.46. The molecule has 1 saturated carbocycles. The second-order valence-electron chi connectivity index (χ2n) is 8.56. The monoisotopic (exact) mass is 277 g/mol. The Kier molecular flexibility index (Phi) is 4.03. The fourth-order valence-corrected chi connectivity index (χ4v) is 4.20. The van der Waals surface area contributed by atoms with Crippen LogP contribution in [0.25, 0.3) is 0 Å². The topological polar surface area (TPSA) is 43.8 Å².